The van der Waals surface area contributed by atoms with Gasteiger partial charge in [-0.1, -0.05) is 28.1 Å². The fourth-order valence-electron chi connectivity index (χ4n) is 2.11. The van der Waals surface area contributed by atoms with Gasteiger partial charge in [-0.05, 0) is 48.9 Å². The van der Waals surface area contributed by atoms with Crippen molar-refractivity contribution in [3.8, 4) is 17.0 Å². The van der Waals surface area contributed by atoms with Crippen LogP contribution in [0.5, 0.6) is 5.75 Å². The largest absolute Gasteiger partial charge is 0.497 e. The number of rotatable bonds is 5. The smallest absolute Gasteiger partial charge is 0.203 e. The number of hydrogen-bond acceptors (Lipinski definition) is 5. The predicted molar refractivity (Wildman–Crippen MR) is 104 cm³/mol. The number of halogens is 1. The van der Waals surface area contributed by atoms with Crippen LogP contribution in [-0.4, -0.2) is 17.8 Å². The molecule has 1 N–H and O–H groups in total. The Morgan fingerprint density at radius 1 is 1.12 bits per heavy atom. The Balaban J connectivity index is 1.70. The van der Waals surface area contributed by atoms with Crippen molar-refractivity contribution in [1.29, 1.82) is 0 Å². The molecule has 0 aliphatic rings. The Morgan fingerprint density at radius 2 is 1.83 bits per heavy atom. The number of methoxy groups -OCH3 is 1. The van der Waals surface area contributed by atoms with Crippen LogP contribution in [0.4, 0.5) is 5.13 Å². The summed E-state index contributed by atoms with van der Waals surface area (Å²) in [5, 5.41) is 7.19. The molecule has 122 valence electrons. The number of ether oxygens (including phenoxy) is 1. The average Bonchev–Trinajstić information content (AvgIpc) is 3.09. The predicted octanol–water partition coefficient (Wildman–Crippen LogP) is 5.42. The highest BCUT2D eigenvalue weighted by Gasteiger charge is 2.04. The maximum Gasteiger partial charge on any atom is 0.203 e. The molecule has 1 aromatic heterocycles. The van der Waals surface area contributed by atoms with Gasteiger partial charge >= 0.3 is 0 Å². The first-order chi connectivity index (χ1) is 11.7. The quantitative estimate of drug-likeness (QED) is 0.458. The number of nitrogens with zero attached hydrogens (tertiary/aromatic N) is 2. The van der Waals surface area contributed by atoms with Gasteiger partial charge in [0, 0.05) is 15.4 Å². The maximum absolute atomic E-state index is 5.16. The monoisotopic (exact) mass is 401 g/mol. The third kappa shape index (κ3) is 4.01. The van der Waals surface area contributed by atoms with Gasteiger partial charge in [0.05, 0.1) is 18.5 Å². The highest BCUT2D eigenvalue weighted by Crippen LogP contribution is 2.26. The van der Waals surface area contributed by atoms with Crippen LogP contribution in [0.3, 0.4) is 0 Å². The first kappa shape index (κ1) is 16.7. The summed E-state index contributed by atoms with van der Waals surface area (Å²) in [5.41, 5.74) is 6.97. The van der Waals surface area contributed by atoms with E-state index in [1.54, 1.807) is 7.11 Å². The lowest BCUT2D eigenvalue weighted by Gasteiger charge is -2.03. The van der Waals surface area contributed by atoms with Crippen molar-refractivity contribution in [1.82, 2.24) is 4.98 Å². The fourth-order valence-corrected chi connectivity index (χ4v) is 3.03. The van der Waals surface area contributed by atoms with Crippen molar-refractivity contribution < 1.29 is 4.74 Å². The maximum atomic E-state index is 5.16. The first-order valence-corrected chi connectivity index (χ1v) is 8.99. The van der Waals surface area contributed by atoms with E-state index < -0.39 is 0 Å². The van der Waals surface area contributed by atoms with Crippen LogP contribution in [0.15, 0.2) is 63.5 Å². The number of aromatic nitrogens is 1. The molecule has 0 spiro atoms. The van der Waals surface area contributed by atoms with Gasteiger partial charge in [-0.25, -0.2) is 4.98 Å². The van der Waals surface area contributed by atoms with Crippen molar-refractivity contribution in [2.75, 3.05) is 12.5 Å². The van der Waals surface area contributed by atoms with Crippen LogP contribution in [0, 0.1) is 0 Å². The molecule has 4 nitrogen and oxygen atoms in total. The van der Waals surface area contributed by atoms with E-state index in [2.05, 4.69) is 31.4 Å². The molecule has 0 fully saturated rings. The molecule has 2 aromatic carbocycles. The standard InChI is InChI=1S/C18H16BrN3OS/c1-12(13-5-9-16(23-2)10-6-13)21-22-18-20-17(11-24-18)14-3-7-15(19)8-4-14/h3-11H,1-2H3,(H,20,22)/b21-12+. The Hall–Kier alpha value is -2.18. The Morgan fingerprint density at radius 3 is 2.50 bits per heavy atom. The molecular weight excluding hydrogens is 386 g/mol. The lowest BCUT2D eigenvalue weighted by molar-refractivity contribution is 0.415. The van der Waals surface area contributed by atoms with Crippen molar-refractivity contribution in [2.24, 2.45) is 5.10 Å². The van der Waals surface area contributed by atoms with Gasteiger partial charge in [0.25, 0.3) is 0 Å². The normalized spacial score (nSPS) is 11.4. The highest BCUT2D eigenvalue weighted by molar-refractivity contribution is 9.10. The highest BCUT2D eigenvalue weighted by atomic mass is 79.9. The van der Waals surface area contributed by atoms with Crippen molar-refractivity contribution in [2.45, 2.75) is 6.92 Å². The Bertz CT molecular complexity index is 841. The molecule has 3 aromatic rings. The Labute approximate surface area is 153 Å². The number of nitrogens with one attached hydrogen (secondary N) is 1. The van der Waals surface area contributed by atoms with E-state index in [9.17, 15) is 0 Å². The van der Waals surface area contributed by atoms with Gasteiger partial charge in [-0.2, -0.15) is 5.10 Å². The van der Waals surface area contributed by atoms with Gasteiger partial charge in [0.2, 0.25) is 5.13 Å². The zero-order valence-electron chi connectivity index (χ0n) is 13.3. The molecule has 24 heavy (non-hydrogen) atoms. The minimum absolute atomic E-state index is 0.765. The van der Waals surface area contributed by atoms with Crippen molar-refractivity contribution in [3.63, 3.8) is 0 Å². The van der Waals surface area contributed by atoms with E-state index >= 15 is 0 Å². The van der Waals surface area contributed by atoms with E-state index in [0.717, 1.165) is 37.9 Å². The number of benzene rings is 2. The van der Waals surface area contributed by atoms with Crippen LogP contribution in [-0.2, 0) is 0 Å². The molecule has 0 unspecified atom stereocenters. The third-order valence-corrected chi connectivity index (χ3v) is 4.75. The van der Waals surface area contributed by atoms with Crippen LogP contribution < -0.4 is 10.2 Å². The van der Waals surface area contributed by atoms with Crippen LogP contribution in [0.2, 0.25) is 0 Å². The number of thiazole rings is 1. The molecule has 3 rings (SSSR count). The molecule has 0 saturated carbocycles. The van der Waals surface area contributed by atoms with Crippen molar-refractivity contribution >= 4 is 38.1 Å². The minimum Gasteiger partial charge on any atom is -0.497 e. The van der Waals surface area contributed by atoms with E-state index in [4.69, 9.17) is 4.74 Å². The van der Waals surface area contributed by atoms with Gasteiger partial charge in [0.15, 0.2) is 0 Å². The summed E-state index contributed by atoms with van der Waals surface area (Å²) in [6.45, 7) is 1.96. The summed E-state index contributed by atoms with van der Waals surface area (Å²) >= 11 is 4.97. The SMILES string of the molecule is COc1ccc(/C(C)=N/Nc2nc(-c3ccc(Br)cc3)cs2)cc1. The van der Waals surface area contributed by atoms with Crippen LogP contribution >= 0.6 is 27.3 Å². The van der Waals surface area contributed by atoms with Gasteiger partial charge in [-0.3, -0.25) is 5.43 Å². The first-order valence-electron chi connectivity index (χ1n) is 7.32. The summed E-state index contributed by atoms with van der Waals surface area (Å²) in [4.78, 5) is 4.57. The topological polar surface area (TPSA) is 46.5 Å². The molecule has 6 heteroatoms. The van der Waals surface area contributed by atoms with Crippen LogP contribution in [0.25, 0.3) is 11.3 Å². The average molecular weight is 402 g/mol. The number of anilines is 1. The summed E-state index contributed by atoms with van der Waals surface area (Å²) in [5.74, 6) is 0.832. The number of hydrogen-bond donors (Lipinski definition) is 1. The van der Waals surface area contributed by atoms with E-state index in [1.807, 2.05) is 60.8 Å². The van der Waals surface area contributed by atoms with Gasteiger partial charge < -0.3 is 4.74 Å². The molecule has 0 amide bonds. The molecule has 0 atom stereocenters. The second-order valence-electron chi connectivity index (χ2n) is 5.08. The lowest BCUT2D eigenvalue weighted by atomic mass is 10.1. The number of hydrazone groups is 1. The zero-order valence-corrected chi connectivity index (χ0v) is 15.7. The molecular formula is C18H16BrN3OS. The van der Waals surface area contributed by atoms with Gasteiger partial charge in [0.1, 0.15) is 5.75 Å². The lowest BCUT2D eigenvalue weighted by Crippen LogP contribution is -1.99. The Kier molecular flexibility index (Phi) is 5.27. The fraction of sp³-hybridized carbons (Fsp3) is 0.111. The summed E-state index contributed by atoms with van der Waals surface area (Å²) < 4.78 is 6.22. The zero-order chi connectivity index (χ0) is 16.9. The molecule has 1 heterocycles. The summed E-state index contributed by atoms with van der Waals surface area (Å²) in [7, 11) is 1.66. The minimum atomic E-state index is 0.765. The van der Waals surface area contributed by atoms with E-state index in [0.29, 0.717) is 0 Å². The van der Waals surface area contributed by atoms with Crippen molar-refractivity contribution in [3.05, 3.63) is 63.9 Å². The molecule has 0 saturated heterocycles. The molecule has 0 bridgehead atoms. The molecule has 0 aliphatic heterocycles. The molecule has 0 radical (unpaired) electrons. The second kappa shape index (κ2) is 7.59. The van der Waals surface area contributed by atoms with E-state index in [-0.39, 0.29) is 0 Å². The summed E-state index contributed by atoms with van der Waals surface area (Å²) in [6, 6.07) is 15.9. The van der Waals surface area contributed by atoms with E-state index in [1.165, 1.54) is 11.3 Å². The third-order valence-electron chi connectivity index (χ3n) is 3.47. The molecule has 0 aliphatic carbocycles. The summed E-state index contributed by atoms with van der Waals surface area (Å²) in [6.07, 6.45) is 0. The van der Waals surface area contributed by atoms with Crippen LogP contribution in [0.1, 0.15) is 12.5 Å². The second-order valence-corrected chi connectivity index (χ2v) is 6.86. The van der Waals surface area contributed by atoms with Gasteiger partial charge in [-0.15, -0.1) is 11.3 Å².